The monoisotopic (exact) mass is 450 g/mol. The molecule has 0 bridgehead atoms. The Hall–Kier alpha value is -3.61. The first-order valence-corrected chi connectivity index (χ1v) is 11.1. The third-order valence-electron chi connectivity index (χ3n) is 6.12. The fourth-order valence-corrected chi connectivity index (χ4v) is 4.56. The van der Waals surface area contributed by atoms with Gasteiger partial charge in [-0.2, -0.15) is 0 Å². The highest BCUT2D eigenvalue weighted by molar-refractivity contribution is 6.02. The Kier molecular flexibility index (Phi) is 6.49. The molecule has 7 heteroatoms. The summed E-state index contributed by atoms with van der Waals surface area (Å²) >= 11 is 0. The second-order valence-electron chi connectivity index (χ2n) is 7.95. The lowest BCUT2D eigenvalue weighted by atomic mass is 9.98. The average Bonchev–Trinajstić information content (AvgIpc) is 3.13. The maximum atomic E-state index is 12.5. The lowest BCUT2D eigenvalue weighted by Gasteiger charge is -2.19. The Labute approximate surface area is 194 Å². The summed E-state index contributed by atoms with van der Waals surface area (Å²) in [4.78, 5) is 12.5. The number of carbonyl (C=O) groups excluding carboxylic acids is 1. The molecule has 0 unspecified atom stereocenters. The first-order chi connectivity index (χ1) is 16.0. The SMILES string of the molecule is CCc1c(-c2ccc3c(c2)OCCO3)c(C(N)=O)c(C)n1CCc1ccc(OC)c(OC)c1. The number of aryl methyl sites for hydroxylation is 1. The average molecular weight is 451 g/mol. The molecule has 1 aromatic heterocycles. The highest BCUT2D eigenvalue weighted by Crippen LogP contribution is 2.39. The first-order valence-electron chi connectivity index (χ1n) is 11.1. The number of hydrogen-bond acceptors (Lipinski definition) is 5. The van der Waals surface area contributed by atoms with E-state index in [2.05, 4.69) is 11.5 Å². The summed E-state index contributed by atoms with van der Waals surface area (Å²) in [6, 6.07) is 11.7. The number of methoxy groups -OCH3 is 2. The van der Waals surface area contributed by atoms with Crippen molar-refractivity contribution in [2.75, 3.05) is 27.4 Å². The third-order valence-corrected chi connectivity index (χ3v) is 6.12. The fraction of sp³-hybridized carbons (Fsp3) is 0.346. The molecule has 4 rings (SSSR count). The number of nitrogens with zero attached hydrogens (tertiary/aromatic N) is 1. The number of nitrogens with two attached hydrogens (primary N) is 1. The predicted octanol–water partition coefficient (Wildman–Crippen LogP) is 4.16. The van der Waals surface area contributed by atoms with Crippen LogP contribution < -0.4 is 24.7 Å². The minimum Gasteiger partial charge on any atom is -0.493 e. The van der Waals surface area contributed by atoms with Crippen LogP contribution in [0.5, 0.6) is 23.0 Å². The molecule has 1 amide bonds. The van der Waals surface area contributed by atoms with Crippen molar-refractivity contribution in [1.29, 1.82) is 0 Å². The van der Waals surface area contributed by atoms with Crippen LogP contribution in [-0.4, -0.2) is 37.9 Å². The molecule has 0 aliphatic carbocycles. The zero-order valence-corrected chi connectivity index (χ0v) is 19.6. The van der Waals surface area contributed by atoms with Crippen molar-refractivity contribution < 1.29 is 23.7 Å². The minimum atomic E-state index is -0.433. The largest absolute Gasteiger partial charge is 0.493 e. The number of benzene rings is 2. The van der Waals surface area contributed by atoms with E-state index in [1.165, 1.54) is 0 Å². The zero-order valence-electron chi connectivity index (χ0n) is 19.6. The molecule has 3 aromatic rings. The van der Waals surface area contributed by atoms with Gasteiger partial charge in [0.1, 0.15) is 13.2 Å². The van der Waals surface area contributed by atoms with Gasteiger partial charge in [0, 0.05) is 23.5 Å². The van der Waals surface area contributed by atoms with Crippen molar-refractivity contribution in [3.05, 3.63) is 58.9 Å². The van der Waals surface area contributed by atoms with Gasteiger partial charge in [-0.3, -0.25) is 4.79 Å². The molecule has 174 valence electrons. The summed E-state index contributed by atoms with van der Waals surface area (Å²) < 4.78 is 24.4. The molecule has 0 fully saturated rings. The van der Waals surface area contributed by atoms with E-state index < -0.39 is 5.91 Å². The lowest BCUT2D eigenvalue weighted by Crippen LogP contribution is -2.15. The van der Waals surface area contributed by atoms with Crippen LogP contribution in [-0.2, 0) is 19.4 Å². The number of primary amides is 1. The molecule has 0 radical (unpaired) electrons. The number of carbonyl (C=O) groups is 1. The summed E-state index contributed by atoms with van der Waals surface area (Å²) in [6.45, 7) is 5.79. The summed E-state index contributed by atoms with van der Waals surface area (Å²) in [6.07, 6.45) is 1.52. The van der Waals surface area contributed by atoms with Gasteiger partial charge in [0.2, 0.25) is 0 Å². The normalized spacial score (nSPS) is 12.5. The van der Waals surface area contributed by atoms with Crippen LogP contribution >= 0.6 is 0 Å². The van der Waals surface area contributed by atoms with E-state index in [9.17, 15) is 4.79 Å². The van der Waals surface area contributed by atoms with Gasteiger partial charge >= 0.3 is 0 Å². The van der Waals surface area contributed by atoms with Gasteiger partial charge < -0.3 is 29.2 Å². The first kappa shape index (κ1) is 22.6. The van der Waals surface area contributed by atoms with Crippen LogP contribution in [0.3, 0.4) is 0 Å². The summed E-state index contributed by atoms with van der Waals surface area (Å²) in [7, 11) is 3.25. The van der Waals surface area contributed by atoms with Crippen LogP contribution in [0.1, 0.15) is 34.2 Å². The highest BCUT2D eigenvalue weighted by Gasteiger charge is 2.25. The molecule has 7 nitrogen and oxygen atoms in total. The van der Waals surface area contributed by atoms with Crippen LogP contribution in [0.2, 0.25) is 0 Å². The number of fused-ring (bicyclic) bond motifs is 1. The number of amides is 1. The van der Waals surface area contributed by atoms with Crippen molar-refractivity contribution in [1.82, 2.24) is 4.57 Å². The quantitative estimate of drug-likeness (QED) is 0.557. The van der Waals surface area contributed by atoms with Gasteiger partial charge in [0.25, 0.3) is 5.91 Å². The molecule has 2 aromatic carbocycles. The van der Waals surface area contributed by atoms with Gasteiger partial charge in [-0.1, -0.05) is 19.1 Å². The van der Waals surface area contributed by atoms with Gasteiger partial charge in [0.15, 0.2) is 23.0 Å². The maximum absolute atomic E-state index is 12.5. The van der Waals surface area contributed by atoms with Gasteiger partial charge in [-0.25, -0.2) is 0 Å². The molecular weight excluding hydrogens is 420 g/mol. The molecule has 0 saturated heterocycles. The van der Waals surface area contributed by atoms with Gasteiger partial charge in [0.05, 0.1) is 19.8 Å². The number of hydrogen-bond donors (Lipinski definition) is 1. The van der Waals surface area contributed by atoms with E-state index in [1.807, 2.05) is 43.3 Å². The lowest BCUT2D eigenvalue weighted by molar-refractivity contribution is 0.1000. The van der Waals surface area contributed by atoms with E-state index in [1.54, 1.807) is 14.2 Å². The zero-order chi connectivity index (χ0) is 23.5. The molecular formula is C26H30N2O5. The number of rotatable bonds is 8. The molecule has 0 spiro atoms. The van der Waals surface area contributed by atoms with Gasteiger partial charge in [-0.05, 0) is 55.2 Å². The standard InChI is InChI=1S/C26H30N2O5/c1-5-19-25(18-7-9-21-23(15-18)33-13-12-32-21)24(26(27)29)16(2)28(19)11-10-17-6-8-20(30-3)22(14-17)31-4/h6-9,14-15H,5,10-13H2,1-4H3,(H2,27,29). The molecule has 1 aliphatic heterocycles. The minimum absolute atomic E-state index is 0.433. The second kappa shape index (κ2) is 9.48. The fourth-order valence-electron chi connectivity index (χ4n) is 4.56. The Morgan fingerprint density at radius 2 is 1.76 bits per heavy atom. The molecule has 0 atom stereocenters. The maximum Gasteiger partial charge on any atom is 0.251 e. The van der Waals surface area contributed by atoms with Crippen molar-refractivity contribution in [3.63, 3.8) is 0 Å². The molecule has 0 saturated carbocycles. The van der Waals surface area contributed by atoms with Crippen LogP contribution in [0.15, 0.2) is 36.4 Å². The Morgan fingerprint density at radius 1 is 1.03 bits per heavy atom. The Morgan fingerprint density at radius 3 is 2.42 bits per heavy atom. The topological polar surface area (TPSA) is 84.9 Å². The molecule has 1 aliphatic rings. The third kappa shape index (κ3) is 4.23. The second-order valence-corrected chi connectivity index (χ2v) is 7.95. The molecule has 2 heterocycles. The van der Waals surface area contributed by atoms with E-state index in [0.29, 0.717) is 48.3 Å². The van der Waals surface area contributed by atoms with E-state index >= 15 is 0 Å². The van der Waals surface area contributed by atoms with E-state index in [-0.39, 0.29) is 0 Å². The predicted molar refractivity (Wildman–Crippen MR) is 127 cm³/mol. The van der Waals surface area contributed by atoms with E-state index in [4.69, 9.17) is 24.7 Å². The highest BCUT2D eigenvalue weighted by atomic mass is 16.6. The number of aromatic nitrogens is 1. The van der Waals surface area contributed by atoms with E-state index in [0.717, 1.165) is 40.9 Å². The number of ether oxygens (including phenoxy) is 4. The van der Waals surface area contributed by atoms with Crippen LogP contribution in [0.4, 0.5) is 0 Å². The van der Waals surface area contributed by atoms with Crippen molar-refractivity contribution in [2.45, 2.75) is 33.2 Å². The smallest absolute Gasteiger partial charge is 0.251 e. The van der Waals surface area contributed by atoms with Crippen molar-refractivity contribution in [2.24, 2.45) is 5.73 Å². The van der Waals surface area contributed by atoms with Crippen LogP contribution in [0, 0.1) is 6.92 Å². The van der Waals surface area contributed by atoms with Crippen molar-refractivity contribution in [3.8, 4) is 34.1 Å². The summed E-state index contributed by atoms with van der Waals surface area (Å²) in [5, 5.41) is 0. The summed E-state index contributed by atoms with van der Waals surface area (Å²) in [5.74, 6) is 2.37. The molecule has 2 N–H and O–H groups in total. The molecule has 33 heavy (non-hydrogen) atoms. The van der Waals surface area contributed by atoms with Crippen LogP contribution in [0.25, 0.3) is 11.1 Å². The van der Waals surface area contributed by atoms with Crippen molar-refractivity contribution >= 4 is 5.91 Å². The Bertz CT molecular complexity index is 1180. The van der Waals surface area contributed by atoms with Gasteiger partial charge in [-0.15, -0.1) is 0 Å². The summed E-state index contributed by atoms with van der Waals surface area (Å²) in [5.41, 5.74) is 11.2. The Balaban J connectivity index is 1.73.